The van der Waals surface area contributed by atoms with Crippen molar-refractivity contribution in [3.63, 3.8) is 0 Å². The molecule has 0 amide bonds. The first-order valence-electron chi connectivity index (χ1n) is 0. The number of rotatable bonds is 0. The molecule has 0 aliphatic heterocycles. The maximum Gasteiger partial charge on any atom is 1.00 e. The van der Waals surface area contributed by atoms with Crippen LogP contribution in [0.5, 0.6) is 0 Å². The molecule has 0 heterocycles. The second-order valence-electron chi connectivity index (χ2n) is 0. The molecule has 8 heavy (non-hydrogen) atoms. The summed E-state index contributed by atoms with van der Waals surface area (Å²) >= 11 is 0. The molecule has 0 saturated carbocycles. The van der Waals surface area contributed by atoms with Crippen LogP contribution in [0.4, 0.5) is 0 Å². The summed E-state index contributed by atoms with van der Waals surface area (Å²) in [5, 5.41) is 0. The predicted molar refractivity (Wildman–Crippen MR) is 4.99 cm³/mol. The summed E-state index contributed by atoms with van der Waals surface area (Å²) in [7, 11) is 0. The summed E-state index contributed by atoms with van der Waals surface area (Å²) in [6, 6.07) is 0. The molecule has 0 atom stereocenters. The Labute approximate surface area is 160 Å². The van der Waals surface area contributed by atoms with E-state index in [-0.39, 0.29) is 164 Å². The maximum atomic E-state index is 0. The molecule has 0 rings (SSSR count). The van der Waals surface area contributed by atoms with E-state index < -0.39 is 0 Å². The molecular weight excluding hydrogens is 163 g/mol. The minimum Gasteiger partial charge on any atom is -2.00 e. The minimum atomic E-state index is 0. The Kier molecular flexibility index (Phi) is 563. The standard InChI is InChI=1S/5Na.H2O.2O/h;;;;;1H2;;/q5*+1;;2*-2. The van der Waals surface area contributed by atoms with Gasteiger partial charge in [-0.1, -0.05) is 0 Å². The molecule has 0 aromatic rings. The van der Waals surface area contributed by atoms with Crippen molar-refractivity contribution in [3.8, 4) is 0 Å². The van der Waals surface area contributed by atoms with Gasteiger partial charge >= 0.3 is 148 Å². The van der Waals surface area contributed by atoms with Crippen LogP contribution in [-0.2, 0) is 11.0 Å². The Hall–Kier alpha value is 4.88. The van der Waals surface area contributed by atoms with Crippen LogP contribution in [-0.4, -0.2) is 5.48 Å². The summed E-state index contributed by atoms with van der Waals surface area (Å²) in [4.78, 5) is 0. The first-order chi connectivity index (χ1) is 0. The van der Waals surface area contributed by atoms with E-state index in [1.807, 2.05) is 0 Å². The number of hydrogen-bond acceptors (Lipinski definition) is 0. The largest absolute Gasteiger partial charge is 2.00 e. The van der Waals surface area contributed by atoms with Crippen LogP contribution in [0.3, 0.4) is 0 Å². The van der Waals surface area contributed by atoms with Crippen molar-refractivity contribution in [1.82, 2.24) is 0 Å². The van der Waals surface area contributed by atoms with Gasteiger partial charge in [0.15, 0.2) is 0 Å². The first kappa shape index (κ1) is 76.3. The molecule has 0 aromatic heterocycles. The zero-order valence-electron chi connectivity index (χ0n) is 6.32. The monoisotopic (exact) mass is 165 g/mol. The normalized spacial score (nSPS) is 0. The smallest absolute Gasteiger partial charge is 1.00 e. The average molecular weight is 165 g/mol. The molecule has 0 bridgehead atoms. The van der Waals surface area contributed by atoms with Crippen LogP contribution in [0.1, 0.15) is 0 Å². The van der Waals surface area contributed by atoms with E-state index in [1.165, 1.54) is 0 Å². The molecule has 8 heteroatoms. The SMILES string of the molecule is O.[Na+].[Na+].[Na+].[Na+].[Na+].[O-2].[O-2]. The summed E-state index contributed by atoms with van der Waals surface area (Å²) in [5.74, 6) is 0. The van der Waals surface area contributed by atoms with Crippen LogP contribution < -0.4 is 148 Å². The zero-order chi connectivity index (χ0) is 0. The quantitative estimate of drug-likeness (QED) is 0.319. The molecule has 0 aliphatic rings. The predicted octanol–water partition coefficient (Wildman–Crippen LogP) is -16.0. The third kappa shape index (κ3) is 44.6. The van der Waals surface area contributed by atoms with E-state index in [0.717, 1.165) is 0 Å². The summed E-state index contributed by atoms with van der Waals surface area (Å²) < 4.78 is 0. The van der Waals surface area contributed by atoms with Gasteiger partial charge in [0.1, 0.15) is 0 Å². The fraction of sp³-hybridized carbons (Fsp3) is 0. The van der Waals surface area contributed by atoms with Gasteiger partial charge in [0.25, 0.3) is 0 Å². The van der Waals surface area contributed by atoms with Gasteiger partial charge in [0.05, 0.1) is 0 Å². The Balaban J connectivity index is 0. The molecule has 3 nitrogen and oxygen atoms in total. The molecule has 0 saturated heterocycles. The van der Waals surface area contributed by atoms with Gasteiger partial charge in [-0.05, 0) is 0 Å². The molecule has 0 fully saturated rings. The molecule has 0 aromatic carbocycles. The van der Waals surface area contributed by atoms with Crippen LogP contribution in [0, 0.1) is 0 Å². The Morgan fingerprint density at radius 1 is 0.375 bits per heavy atom. The molecule has 24 valence electrons. The van der Waals surface area contributed by atoms with Crippen molar-refractivity contribution < 1.29 is 164 Å². The van der Waals surface area contributed by atoms with Crippen LogP contribution in [0.15, 0.2) is 0 Å². The van der Waals surface area contributed by atoms with E-state index in [9.17, 15) is 0 Å². The zero-order valence-corrected chi connectivity index (χ0v) is 16.3. The van der Waals surface area contributed by atoms with Crippen molar-refractivity contribution >= 4 is 0 Å². The Morgan fingerprint density at radius 3 is 0.375 bits per heavy atom. The van der Waals surface area contributed by atoms with Crippen LogP contribution in [0.25, 0.3) is 0 Å². The van der Waals surface area contributed by atoms with Gasteiger partial charge < -0.3 is 16.4 Å². The minimum absolute atomic E-state index is 0. The van der Waals surface area contributed by atoms with Crippen molar-refractivity contribution in [2.75, 3.05) is 0 Å². The van der Waals surface area contributed by atoms with Gasteiger partial charge in [0.2, 0.25) is 0 Å². The number of hydrogen-bond donors (Lipinski definition) is 0. The van der Waals surface area contributed by atoms with Crippen LogP contribution in [0.2, 0.25) is 0 Å². The van der Waals surface area contributed by atoms with Gasteiger partial charge in [-0.25, -0.2) is 0 Å². The van der Waals surface area contributed by atoms with Gasteiger partial charge in [-0.3, -0.25) is 0 Å². The maximum absolute atomic E-state index is 0. The molecule has 0 unspecified atom stereocenters. The van der Waals surface area contributed by atoms with Crippen LogP contribution >= 0.6 is 0 Å². The second kappa shape index (κ2) is 59.1. The fourth-order valence-electron chi connectivity index (χ4n) is 0. The van der Waals surface area contributed by atoms with E-state index in [0.29, 0.717) is 0 Å². The van der Waals surface area contributed by atoms with E-state index >= 15 is 0 Å². The topological polar surface area (TPSA) is 88.5 Å². The summed E-state index contributed by atoms with van der Waals surface area (Å²) in [5.41, 5.74) is 0. The third-order valence-electron chi connectivity index (χ3n) is 0. The van der Waals surface area contributed by atoms with Crippen molar-refractivity contribution in [2.45, 2.75) is 0 Å². The molecule has 0 aliphatic carbocycles. The molecular formula is H2Na5O3+. The van der Waals surface area contributed by atoms with Crippen molar-refractivity contribution in [2.24, 2.45) is 0 Å². The Bertz CT molecular complexity index is 7.64. The van der Waals surface area contributed by atoms with Gasteiger partial charge in [-0.2, -0.15) is 0 Å². The average Bonchev–Trinajstić information content (AvgIpc) is 0. The summed E-state index contributed by atoms with van der Waals surface area (Å²) in [6.45, 7) is 0. The Morgan fingerprint density at radius 2 is 0.375 bits per heavy atom. The molecule has 0 radical (unpaired) electrons. The van der Waals surface area contributed by atoms with E-state index in [4.69, 9.17) is 0 Å². The first-order valence-corrected chi connectivity index (χ1v) is 0. The van der Waals surface area contributed by atoms with Crippen molar-refractivity contribution in [3.05, 3.63) is 0 Å². The fourth-order valence-corrected chi connectivity index (χ4v) is 0. The summed E-state index contributed by atoms with van der Waals surface area (Å²) in [6.07, 6.45) is 0. The third-order valence-corrected chi connectivity index (χ3v) is 0. The van der Waals surface area contributed by atoms with Gasteiger partial charge in [0, 0.05) is 0 Å². The van der Waals surface area contributed by atoms with E-state index in [1.54, 1.807) is 0 Å². The second-order valence-corrected chi connectivity index (χ2v) is 0. The van der Waals surface area contributed by atoms with Gasteiger partial charge in [-0.15, -0.1) is 0 Å². The van der Waals surface area contributed by atoms with Crippen molar-refractivity contribution in [1.29, 1.82) is 0 Å². The molecule has 2 N–H and O–H groups in total. The van der Waals surface area contributed by atoms with E-state index in [2.05, 4.69) is 0 Å². The molecule has 0 spiro atoms.